The molecule has 1 aliphatic heterocycles. The van der Waals surface area contributed by atoms with Gasteiger partial charge in [-0.2, -0.15) is 0 Å². The fourth-order valence-corrected chi connectivity index (χ4v) is 1.85. The van der Waals surface area contributed by atoms with Gasteiger partial charge in [0.15, 0.2) is 0 Å². The van der Waals surface area contributed by atoms with Gasteiger partial charge >= 0.3 is 0 Å². The number of hydrogen-bond acceptors (Lipinski definition) is 3. The zero-order valence-electron chi connectivity index (χ0n) is 7.59. The van der Waals surface area contributed by atoms with Crippen molar-refractivity contribution < 1.29 is 0 Å². The maximum atomic E-state index is 5.87. The van der Waals surface area contributed by atoms with E-state index in [1.165, 1.54) is 6.42 Å². The molecule has 70 valence electrons. The molecule has 0 amide bonds. The van der Waals surface area contributed by atoms with Crippen LogP contribution < -0.4 is 16.8 Å². The van der Waals surface area contributed by atoms with Crippen LogP contribution in [-0.4, -0.2) is 6.54 Å². The van der Waals surface area contributed by atoms with Crippen molar-refractivity contribution in [2.24, 2.45) is 0 Å². The van der Waals surface area contributed by atoms with Gasteiger partial charge in [-0.1, -0.05) is 0 Å². The lowest BCUT2D eigenvalue weighted by atomic mass is 10.0. The number of hydrogen-bond donors (Lipinski definition) is 3. The second-order valence-corrected chi connectivity index (χ2v) is 3.54. The van der Waals surface area contributed by atoms with Crippen molar-refractivity contribution in [2.45, 2.75) is 18.9 Å². The molecule has 0 bridgehead atoms. The molecule has 1 fully saturated rings. The summed E-state index contributed by atoms with van der Waals surface area (Å²) in [6.45, 7) is 1.08. The predicted molar refractivity (Wildman–Crippen MR) is 55.2 cm³/mol. The molecule has 1 atom stereocenters. The molecule has 0 unspecified atom stereocenters. The van der Waals surface area contributed by atoms with E-state index in [-0.39, 0.29) is 0 Å². The van der Waals surface area contributed by atoms with Crippen LogP contribution in [-0.2, 0) is 0 Å². The van der Waals surface area contributed by atoms with Crippen LogP contribution in [0.4, 0.5) is 11.4 Å². The SMILES string of the molecule is Nc1ccc(N)c([C@@H]2CCCN2)c1. The fraction of sp³-hybridized carbons (Fsp3) is 0.400. The number of nitrogen functional groups attached to an aromatic ring is 2. The van der Waals surface area contributed by atoms with Gasteiger partial charge in [0.2, 0.25) is 0 Å². The monoisotopic (exact) mass is 177 g/mol. The van der Waals surface area contributed by atoms with Crippen molar-refractivity contribution in [3.05, 3.63) is 23.8 Å². The van der Waals surface area contributed by atoms with Crippen molar-refractivity contribution in [2.75, 3.05) is 18.0 Å². The summed E-state index contributed by atoms with van der Waals surface area (Å²) in [5, 5.41) is 3.41. The molecular weight excluding hydrogens is 162 g/mol. The fourth-order valence-electron chi connectivity index (χ4n) is 1.85. The number of nitrogens with one attached hydrogen (secondary N) is 1. The van der Waals surface area contributed by atoms with Gasteiger partial charge in [0.05, 0.1) is 0 Å². The van der Waals surface area contributed by atoms with E-state index in [0.29, 0.717) is 6.04 Å². The Kier molecular flexibility index (Phi) is 2.10. The summed E-state index contributed by atoms with van der Waals surface area (Å²) in [4.78, 5) is 0. The first-order valence-corrected chi connectivity index (χ1v) is 4.65. The highest BCUT2D eigenvalue weighted by molar-refractivity contribution is 5.56. The summed E-state index contributed by atoms with van der Waals surface area (Å²) in [6, 6.07) is 6.10. The van der Waals surface area contributed by atoms with Gasteiger partial charge in [0, 0.05) is 17.4 Å². The smallest absolute Gasteiger partial charge is 0.0364 e. The molecule has 13 heavy (non-hydrogen) atoms. The highest BCUT2D eigenvalue weighted by atomic mass is 14.9. The third-order valence-electron chi connectivity index (χ3n) is 2.55. The summed E-state index contributed by atoms with van der Waals surface area (Å²) in [5.41, 5.74) is 14.4. The number of anilines is 2. The van der Waals surface area contributed by atoms with Gasteiger partial charge in [0.1, 0.15) is 0 Å². The third-order valence-corrected chi connectivity index (χ3v) is 2.55. The van der Waals surface area contributed by atoms with Crippen LogP contribution in [0, 0.1) is 0 Å². The molecule has 1 aliphatic rings. The predicted octanol–water partition coefficient (Wildman–Crippen LogP) is 1.28. The van der Waals surface area contributed by atoms with Gasteiger partial charge in [0.25, 0.3) is 0 Å². The minimum Gasteiger partial charge on any atom is -0.399 e. The Morgan fingerprint density at radius 1 is 1.31 bits per heavy atom. The van der Waals surface area contributed by atoms with E-state index < -0.39 is 0 Å². The van der Waals surface area contributed by atoms with Crippen LogP contribution in [0.5, 0.6) is 0 Å². The second-order valence-electron chi connectivity index (χ2n) is 3.54. The third kappa shape index (κ3) is 1.60. The Balaban J connectivity index is 2.32. The molecule has 1 heterocycles. The molecule has 2 rings (SSSR count). The van der Waals surface area contributed by atoms with Crippen molar-refractivity contribution in [1.82, 2.24) is 5.32 Å². The molecule has 0 radical (unpaired) electrons. The van der Waals surface area contributed by atoms with E-state index in [2.05, 4.69) is 5.32 Å². The molecule has 1 aromatic rings. The molecular formula is C10H15N3. The van der Waals surface area contributed by atoms with E-state index >= 15 is 0 Å². The second kappa shape index (κ2) is 3.26. The first kappa shape index (κ1) is 8.38. The quantitative estimate of drug-likeness (QED) is 0.566. The maximum absolute atomic E-state index is 5.87. The van der Waals surface area contributed by atoms with E-state index in [1.807, 2.05) is 18.2 Å². The number of rotatable bonds is 1. The first-order chi connectivity index (χ1) is 6.27. The average Bonchev–Trinajstić information content (AvgIpc) is 2.61. The topological polar surface area (TPSA) is 64.1 Å². The van der Waals surface area contributed by atoms with Gasteiger partial charge in [-0.05, 0) is 43.1 Å². The summed E-state index contributed by atoms with van der Waals surface area (Å²) in [6.07, 6.45) is 2.38. The molecule has 3 heteroatoms. The van der Waals surface area contributed by atoms with Crippen LogP contribution in [0.25, 0.3) is 0 Å². The molecule has 3 nitrogen and oxygen atoms in total. The van der Waals surface area contributed by atoms with Crippen LogP contribution in [0.2, 0.25) is 0 Å². The Bertz CT molecular complexity index is 303. The van der Waals surface area contributed by atoms with Crippen LogP contribution in [0.1, 0.15) is 24.4 Å². The lowest BCUT2D eigenvalue weighted by Gasteiger charge is -2.13. The first-order valence-electron chi connectivity index (χ1n) is 4.65. The highest BCUT2D eigenvalue weighted by Crippen LogP contribution is 2.28. The average molecular weight is 177 g/mol. The highest BCUT2D eigenvalue weighted by Gasteiger charge is 2.18. The molecule has 0 aromatic heterocycles. The van der Waals surface area contributed by atoms with Crippen molar-refractivity contribution in [3.8, 4) is 0 Å². The van der Waals surface area contributed by atoms with Crippen LogP contribution >= 0.6 is 0 Å². The lowest BCUT2D eigenvalue weighted by molar-refractivity contribution is 0.650. The Labute approximate surface area is 78.1 Å². The zero-order chi connectivity index (χ0) is 9.26. The number of benzene rings is 1. The van der Waals surface area contributed by atoms with E-state index in [9.17, 15) is 0 Å². The van der Waals surface area contributed by atoms with E-state index in [1.54, 1.807) is 0 Å². The summed E-state index contributed by atoms with van der Waals surface area (Å²) < 4.78 is 0. The molecule has 0 spiro atoms. The Morgan fingerprint density at radius 2 is 2.15 bits per heavy atom. The molecule has 0 aliphatic carbocycles. The van der Waals surface area contributed by atoms with Crippen LogP contribution in [0.15, 0.2) is 18.2 Å². The molecule has 1 aromatic carbocycles. The van der Waals surface area contributed by atoms with Gasteiger partial charge < -0.3 is 16.8 Å². The van der Waals surface area contributed by atoms with Gasteiger partial charge in [-0.3, -0.25) is 0 Å². The van der Waals surface area contributed by atoms with E-state index in [0.717, 1.165) is 29.9 Å². The van der Waals surface area contributed by atoms with Crippen molar-refractivity contribution in [3.63, 3.8) is 0 Å². The molecule has 5 N–H and O–H groups in total. The largest absolute Gasteiger partial charge is 0.399 e. The van der Waals surface area contributed by atoms with Gasteiger partial charge in [-0.15, -0.1) is 0 Å². The van der Waals surface area contributed by atoms with Crippen molar-refractivity contribution >= 4 is 11.4 Å². The zero-order valence-corrected chi connectivity index (χ0v) is 7.59. The molecule has 0 saturated carbocycles. The maximum Gasteiger partial charge on any atom is 0.0364 e. The Hall–Kier alpha value is -1.22. The van der Waals surface area contributed by atoms with Crippen molar-refractivity contribution in [1.29, 1.82) is 0 Å². The Morgan fingerprint density at radius 3 is 2.85 bits per heavy atom. The van der Waals surface area contributed by atoms with E-state index in [4.69, 9.17) is 11.5 Å². The standard InChI is InChI=1S/C10H15N3/c11-7-3-4-9(12)8(6-7)10-2-1-5-13-10/h3-4,6,10,13H,1-2,5,11-12H2/t10-/m0/s1. The summed E-state index contributed by atoms with van der Waals surface area (Å²) >= 11 is 0. The molecule has 1 saturated heterocycles. The normalized spacial score (nSPS) is 22.0. The van der Waals surface area contributed by atoms with Crippen LogP contribution in [0.3, 0.4) is 0 Å². The minimum atomic E-state index is 0.406. The number of nitrogens with two attached hydrogens (primary N) is 2. The summed E-state index contributed by atoms with van der Waals surface area (Å²) in [5.74, 6) is 0. The summed E-state index contributed by atoms with van der Waals surface area (Å²) in [7, 11) is 0. The van der Waals surface area contributed by atoms with Gasteiger partial charge in [-0.25, -0.2) is 0 Å². The lowest BCUT2D eigenvalue weighted by Crippen LogP contribution is -2.14. The minimum absolute atomic E-state index is 0.406.